The number of hydrogen-bond acceptors (Lipinski definition) is 6. The Morgan fingerprint density at radius 3 is 2.39 bits per heavy atom. The molecule has 3 aromatic carbocycles. The first kappa shape index (κ1) is 19.3. The number of aromatic hydroxyl groups is 1. The second kappa shape index (κ2) is 6.91. The minimum Gasteiger partial charge on any atom is -0.507 e. The van der Waals surface area contributed by atoms with Crippen molar-refractivity contribution in [2.75, 3.05) is 5.32 Å². The van der Waals surface area contributed by atoms with Gasteiger partial charge in [-0.05, 0) is 49.4 Å². The van der Waals surface area contributed by atoms with Gasteiger partial charge < -0.3 is 10.4 Å². The zero-order valence-electron chi connectivity index (χ0n) is 14.4. The lowest BCUT2D eigenvalue weighted by Crippen LogP contribution is -2.12. The third-order valence-corrected chi connectivity index (χ3v) is 5.02. The van der Waals surface area contributed by atoms with Crippen molar-refractivity contribution in [3.05, 3.63) is 69.8 Å². The van der Waals surface area contributed by atoms with E-state index in [0.29, 0.717) is 5.56 Å². The predicted octanol–water partition coefficient (Wildman–Crippen LogP) is 3.26. The monoisotopic (exact) mass is 402 g/mol. The number of phenols is 1. The Hall–Kier alpha value is -3.50. The van der Waals surface area contributed by atoms with E-state index in [0.717, 1.165) is 12.1 Å². The first-order valence-electron chi connectivity index (χ1n) is 7.87. The summed E-state index contributed by atoms with van der Waals surface area (Å²) in [7, 11) is -4.48. The molecule has 0 fully saturated rings. The summed E-state index contributed by atoms with van der Waals surface area (Å²) in [4.78, 5) is 22.5. The van der Waals surface area contributed by atoms with E-state index in [1.54, 1.807) is 0 Å². The summed E-state index contributed by atoms with van der Waals surface area (Å²) in [5.74, 6) is -0.719. The minimum absolute atomic E-state index is 0.121. The minimum atomic E-state index is -4.48. The Morgan fingerprint density at radius 1 is 1.07 bits per heavy atom. The van der Waals surface area contributed by atoms with Crippen molar-refractivity contribution in [1.82, 2.24) is 0 Å². The first-order chi connectivity index (χ1) is 13.1. The highest BCUT2D eigenvalue weighted by Crippen LogP contribution is 2.33. The van der Waals surface area contributed by atoms with Crippen LogP contribution in [0.2, 0.25) is 0 Å². The fraction of sp³-hybridized carbons (Fsp3) is 0.0556. The molecule has 0 spiro atoms. The number of hydrogen-bond donors (Lipinski definition) is 3. The summed E-state index contributed by atoms with van der Waals surface area (Å²) < 4.78 is 32.0. The van der Waals surface area contributed by atoms with Crippen molar-refractivity contribution in [1.29, 1.82) is 0 Å². The second-order valence-corrected chi connectivity index (χ2v) is 7.45. The summed E-state index contributed by atoms with van der Waals surface area (Å²) in [5.41, 5.74) is 0.542. The molecule has 0 heterocycles. The summed E-state index contributed by atoms with van der Waals surface area (Å²) in [6, 6.07) is 10.1. The van der Waals surface area contributed by atoms with Gasteiger partial charge in [-0.3, -0.25) is 19.5 Å². The summed E-state index contributed by atoms with van der Waals surface area (Å²) in [6.45, 7) is 1.50. The highest BCUT2D eigenvalue weighted by Gasteiger charge is 2.17. The van der Waals surface area contributed by atoms with Crippen molar-refractivity contribution in [3.63, 3.8) is 0 Å². The smallest absolute Gasteiger partial charge is 0.294 e. The number of aryl methyl sites for hydroxylation is 1. The molecule has 0 aliphatic heterocycles. The van der Waals surface area contributed by atoms with Crippen LogP contribution in [0.1, 0.15) is 15.9 Å². The van der Waals surface area contributed by atoms with Gasteiger partial charge in [0.2, 0.25) is 0 Å². The molecule has 3 N–H and O–H groups in total. The number of benzene rings is 3. The van der Waals surface area contributed by atoms with Gasteiger partial charge in [-0.25, -0.2) is 0 Å². The number of nitrogens with one attached hydrogen (secondary N) is 1. The molecule has 0 saturated carbocycles. The molecule has 3 aromatic rings. The lowest BCUT2D eigenvalue weighted by molar-refractivity contribution is -0.385. The molecule has 1 amide bonds. The number of rotatable bonds is 4. The number of carbonyl (C=O) groups excluding carboxylic acids is 1. The van der Waals surface area contributed by atoms with E-state index < -0.39 is 25.8 Å². The molecular formula is C18H14N2O7S. The highest BCUT2D eigenvalue weighted by atomic mass is 32.2. The van der Waals surface area contributed by atoms with Gasteiger partial charge in [0.15, 0.2) is 0 Å². The first-order valence-corrected chi connectivity index (χ1v) is 9.31. The van der Waals surface area contributed by atoms with E-state index in [-0.39, 0.29) is 33.5 Å². The molecule has 28 heavy (non-hydrogen) atoms. The van der Waals surface area contributed by atoms with Crippen molar-refractivity contribution >= 4 is 38.2 Å². The fourth-order valence-electron chi connectivity index (χ4n) is 2.78. The van der Waals surface area contributed by atoms with Crippen molar-refractivity contribution in [3.8, 4) is 5.75 Å². The van der Waals surface area contributed by atoms with Crippen LogP contribution in [0.15, 0.2) is 53.4 Å². The quantitative estimate of drug-likeness (QED) is 0.263. The Balaban J connectivity index is 2.04. The Labute approximate surface area is 159 Å². The van der Waals surface area contributed by atoms with Crippen LogP contribution < -0.4 is 5.32 Å². The predicted molar refractivity (Wildman–Crippen MR) is 101 cm³/mol. The average Bonchev–Trinajstić information content (AvgIpc) is 2.62. The van der Waals surface area contributed by atoms with E-state index in [1.165, 1.54) is 43.3 Å². The molecule has 0 aliphatic carbocycles. The van der Waals surface area contributed by atoms with Gasteiger partial charge in [0, 0.05) is 33.7 Å². The maximum atomic E-state index is 12.5. The SMILES string of the molecule is Cc1cc(C(=O)Nc2ccc(O)c3ccc(S(=O)(=O)O)cc23)ccc1[N+](=O)[O-]. The Bertz CT molecular complexity index is 1240. The number of nitrogens with zero attached hydrogens (tertiary/aromatic N) is 1. The molecule has 3 rings (SSSR count). The Kier molecular flexibility index (Phi) is 4.75. The van der Waals surface area contributed by atoms with E-state index in [2.05, 4.69) is 5.32 Å². The molecule has 0 aromatic heterocycles. The molecule has 144 valence electrons. The molecule has 0 bridgehead atoms. The van der Waals surface area contributed by atoms with Crippen molar-refractivity contribution < 1.29 is 27.8 Å². The van der Waals surface area contributed by atoms with Crippen LogP contribution in [0, 0.1) is 17.0 Å². The Morgan fingerprint density at radius 2 is 1.79 bits per heavy atom. The molecule has 0 radical (unpaired) electrons. The number of nitro benzene ring substituents is 1. The number of amides is 1. The molecule has 10 heteroatoms. The van der Waals surface area contributed by atoms with Crippen molar-refractivity contribution in [2.24, 2.45) is 0 Å². The molecule has 0 saturated heterocycles. The summed E-state index contributed by atoms with van der Waals surface area (Å²) in [5, 5.41) is 23.9. The molecular weight excluding hydrogens is 388 g/mol. The zero-order chi connectivity index (χ0) is 20.6. The number of nitro groups is 1. The molecule has 0 aliphatic rings. The van der Waals surface area contributed by atoms with Gasteiger partial charge in [0.05, 0.1) is 9.82 Å². The lowest BCUT2D eigenvalue weighted by atomic mass is 10.1. The third kappa shape index (κ3) is 3.63. The van der Waals surface area contributed by atoms with Crippen LogP contribution in [0.4, 0.5) is 11.4 Å². The summed E-state index contributed by atoms with van der Waals surface area (Å²) >= 11 is 0. The average molecular weight is 402 g/mol. The van der Waals surface area contributed by atoms with Gasteiger partial charge in [0.25, 0.3) is 21.7 Å². The number of fused-ring (bicyclic) bond motifs is 1. The van der Waals surface area contributed by atoms with Gasteiger partial charge in [0.1, 0.15) is 5.75 Å². The fourth-order valence-corrected chi connectivity index (χ4v) is 3.28. The third-order valence-electron chi connectivity index (χ3n) is 4.17. The highest BCUT2D eigenvalue weighted by molar-refractivity contribution is 7.85. The lowest BCUT2D eigenvalue weighted by Gasteiger charge is -2.11. The largest absolute Gasteiger partial charge is 0.507 e. The number of phenolic OH excluding ortho intramolecular Hbond substituents is 1. The van der Waals surface area contributed by atoms with Gasteiger partial charge in [-0.2, -0.15) is 8.42 Å². The van der Waals surface area contributed by atoms with Gasteiger partial charge >= 0.3 is 0 Å². The maximum Gasteiger partial charge on any atom is 0.294 e. The van der Waals surface area contributed by atoms with Gasteiger partial charge in [-0.15, -0.1) is 0 Å². The number of anilines is 1. The van der Waals surface area contributed by atoms with Crippen LogP contribution in [0.25, 0.3) is 10.8 Å². The standard InChI is InChI=1S/C18H14N2O7S/c1-10-8-11(2-6-16(10)20(23)24)18(22)19-15-5-7-17(21)13-4-3-12(9-14(13)15)28(25,26)27/h2-9,21H,1H3,(H,19,22)(H,25,26,27). The summed E-state index contributed by atoms with van der Waals surface area (Å²) in [6.07, 6.45) is 0. The van der Waals surface area contributed by atoms with Crippen LogP contribution in [0.3, 0.4) is 0 Å². The zero-order valence-corrected chi connectivity index (χ0v) is 15.2. The second-order valence-electron chi connectivity index (χ2n) is 6.03. The number of carbonyl (C=O) groups is 1. The van der Waals surface area contributed by atoms with Gasteiger partial charge in [-0.1, -0.05) is 0 Å². The van der Waals surface area contributed by atoms with Crippen LogP contribution in [-0.4, -0.2) is 28.9 Å². The molecule has 9 nitrogen and oxygen atoms in total. The maximum absolute atomic E-state index is 12.5. The van der Waals surface area contributed by atoms with Crippen LogP contribution >= 0.6 is 0 Å². The topological polar surface area (TPSA) is 147 Å². The van der Waals surface area contributed by atoms with E-state index in [1.807, 2.05) is 0 Å². The van der Waals surface area contributed by atoms with E-state index in [4.69, 9.17) is 0 Å². The van der Waals surface area contributed by atoms with Crippen molar-refractivity contribution in [2.45, 2.75) is 11.8 Å². The van der Waals surface area contributed by atoms with Crippen LogP contribution in [0.5, 0.6) is 5.75 Å². The van der Waals surface area contributed by atoms with E-state index in [9.17, 15) is 33.0 Å². The molecule has 0 atom stereocenters. The normalized spacial score (nSPS) is 11.4. The van der Waals surface area contributed by atoms with Crippen LogP contribution in [-0.2, 0) is 10.1 Å². The molecule has 0 unspecified atom stereocenters. The van der Waals surface area contributed by atoms with E-state index >= 15 is 0 Å².